The van der Waals surface area contributed by atoms with E-state index in [2.05, 4.69) is 10.6 Å². The second-order valence-corrected chi connectivity index (χ2v) is 7.56. The van der Waals surface area contributed by atoms with Gasteiger partial charge in [0.15, 0.2) is 0 Å². The Balaban J connectivity index is 1.63. The van der Waals surface area contributed by atoms with Gasteiger partial charge in [-0.15, -0.1) is 0 Å². The van der Waals surface area contributed by atoms with Gasteiger partial charge in [0.1, 0.15) is 5.69 Å². The van der Waals surface area contributed by atoms with E-state index in [1.807, 2.05) is 6.07 Å². The van der Waals surface area contributed by atoms with Crippen molar-refractivity contribution < 1.29 is 4.79 Å². The molecule has 2 aliphatic rings. The average molecular weight is 385 g/mol. The molecule has 0 saturated carbocycles. The average Bonchev–Trinajstić information content (AvgIpc) is 2.69. The molecule has 1 amide bonds. The van der Waals surface area contributed by atoms with E-state index < -0.39 is 17.2 Å². The van der Waals surface area contributed by atoms with Gasteiger partial charge in [0.25, 0.3) is 17.0 Å². The molecule has 9 nitrogen and oxygen atoms in total. The maximum atomic E-state index is 12.7. The largest absolute Gasteiger partial charge is 0.349 e. The Morgan fingerprint density at radius 3 is 2.71 bits per heavy atom. The lowest BCUT2D eigenvalue weighted by molar-refractivity contribution is 0.0922. The van der Waals surface area contributed by atoms with Crippen LogP contribution >= 0.6 is 0 Å². The first-order chi connectivity index (χ1) is 13.4. The smallest absolute Gasteiger partial charge is 0.331 e. The summed E-state index contributed by atoms with van der Waals surface area (Å²) >= 11 is 0. The second-order valence-electron chi connectivity index (χ2n) is 7.56. The highest BCUT2D eigenvalue weighted by Crippen LogP contribution is 2.38. The van der Waals surface area contributed by atoms with Crippen LogP contribution in [0.3, 0.4) is 0 Å². The number of aromatic nitrogens is 3. The third kappa shape index (κ3) is 2.91. The number of hydrogen-bond acceptors (Lipinski definition) is 5. The SMILES string of the molecule is Cn1c(C(=O)NC[C@H]2[C@@H]3CNC[C@@H](C3)c3cccc(=O)n32)cc(=O)n(C)c1=O. The van der Waals surface area contributed by atoms with Gasteiger partial charge in [-0.05, 0) is 18.4 Å². The maximum Gasteiger partial charge on any atom is 0.331 e. The molecular weight excluding hydrogens is 362 g/mol. The van der Waals surface area contributed by atoms with Gasteiger partial charge < -0.3 is 15.2 Å². The number of nitrogens with one attached hydrogen (secondary N) is 2. The Hall–Kier alpha value is -2.94. The Morgan fingerprint density at radius 1 is 1.14 bits per heavy atom. The zero-order chi connectivity index (χ0) is 20.0. The molecule has 0 unspecified atom stereocenters. The van der Waals surface area contributed by atoms with Crippen molar-refractivity contribution in [3.63, 3.8) is 0 Å². The predicted octanol–water partition coefficient (Wildman–Crippen LogP) is -1.08. The van der Waals surface area contributed by atoms with Crippen molar-refractivity contribution in [2.24, 2.45) is 20.0 Å². The molecule has 1 fully saturated rings. The van der Waals surface area contributed by atoms with Gasteiger partial charge in [-0.3, -0.25) is 23.5 Å². The Kier molecular flexibility index (Phi) is 4.54. The van der Waals surface area contributed by atoms with Crippen LogP contribution in [0.15, 0.2) is 38.6 Å². The van der Waals surface area contributed by atoms with Gasteiger partial charge >= 0.3 is 5.69 Å². The van der Waals surface area contributed by atoms with Crippen LogP contribution in [0, 0.1) is 5.92 Å². The molecular formula is C19H23N5O4. The van der Waals surface area contributed by atoms with Gasteiger partial charge in [-0.25, -0.2) is 4.79 Å². The highest BCUT2D eigenvalue weighted by Gasteiger charge is 2.37. The molecule has 4 rings (SSSR count). The van der Waals surface area contributed by atoms with Crippen molar-refractivity contribution in [2.45, 2.75) is 18.4 Å². The van der Waals surface area contributed by atoms with Crippen LogP contribution in [0.4, 0.5) is 0 Å². The van der Waals surface area contributed by atoms with Gasteiger partial charge in [0.2, 0.25) is 0 Å². The topological polar surface area (TPSA) is 107 Å². The Labute approximate surface area is 160 Å². The third-order valence-electron chi connectivity index (χ3n) is 5.93. The summed E-state index contributed by atoms with van der Waals surface area (Å²) in [7, 11) is 2.82. The number of fused-ring (bicyclic) bond motifs is 4. The van der Waals surface area contributed by atoms with Gasteiger partial charge in [0.05, 0.1) is 6.04 Å². The standard InChI is InChI=1S/C19H23N5O4/c1-22-14(7-17(26)23(2)19(22)28)18(27)21-10-15-12-6-11(8-20-9-12)13-4-3-5-16(25)24(13)15/h3-5,7,11-12,15,20H,6,8-10H2,1-2H3,(H,21,27)/t11-,12+,15+/m1/s1. The summed E-state index contributed by atoms with van der Waals surface area (Å²) in [5.41, 5.74) is -0.183. The second kappa shape index (κ2) is 6.90. The van der Waals surface area contributed by atoms with Gasteiger partial charge in [-0.2, -0.15) is 0 Å². The number of pyridine rings is 1. The van der Waals surface area contributed by atoms with Crippen molar-refractivity contribution >= 4 is 5.91 Å². The highest BCUT2D eigenvalue weighted by molar-refractivity contribution is 5.92. The van der Waals surface area contributed by atoms with Crippen LogP contribution < -0.4 is 27.4 Å². The van der Waals surface area contributed by atoms with E-state index in [1.54, 1.807) is 10.6 Å². The molecule has 2 aromatic heterocycles. The minimum Gasteiger partial charge on any atom is -0.349 e. The molecule has 2 aromatic rings. The first-order valence-corrected chi connectivity index (χ1v) is 9.36. The van der Waals surface area contributed by atoms with Crippen LogP contribution in [0.2, 0.25) is 0 Å². The van der Waals surface area contributed by atoms with Crippen molar-refractivity contribution in [3.05, 3.63) is 66.8 Å². The van der Waals surface area contributed by atoms with Crippen molar-refractivity contribution in [2.75, 3.05) is 19.6 Å². The zero-order valence-electron chi connectivity index (χ0n) is 15.8. The lowest BCUT2D eigenvalue weighted by atomic mass is 9.79. The molecule has 0 aliphatic carbocycles. The van der Waals surface area contributed by atoms with Crippen LogP contribution in [0.25, 0.3) is 0 Å². The fourth-order valence-corrected chi connectivity index (χ4v) is 4.41. The number of amides is 1. The monoisotopic (exact) mass is 385 g/mol. The van der Waals surface area contributed by atoms with E-state index >= 15 is 0 Å². The minimum atomic E-state index is -0.559. The highest BCUT2D eigenvalue weighted by atomic mass is 16.2. The number of rotatable bonds is 3. The first-order valence-electron chi connectivity index (χ1n) is 9.36. The molecule has 4 heterocycles. The fraction of sp³-hybridized carbons (Fsp3) is 0.474. The number of nitrogens with zero attached hydrogens (tertiary/aromatic N) is 3. The van der Waals surface area contributed by atoms with Crippen LogP contribution in [0.1, 0.15) is 34.6 Å². The molecule has 0 radical (unpaired) electrons. The summed E-state index contributed by atoms with van der Waals surface area (Å²) in [6.07, 6.45) is 0.960. The van der Waals surface area contributed by atoms with E-state index in [-0.39, 0.29) is 35.7 Å². The molecule has 2 N–H and O–H groups in total. The molecule has 2 bridgehead atoms. The van der Waals surface area contributed by atoms with E-state index in [9.17, 15) is 19.2 Å². The molecule has 1 saturated heterocycles. The fourth-order valence-electron chi connectivity index (χ4n) is 4.41. The summed E-state index contributed by atoms with van der Waals surface area (Å²) in [6.45, 7) is 1.87. The third-order valence-corrected chi connectivity index (χ3v) is 5.93. The molecule has 0 spiro atoms. The quantitative estimate of drug-likeness (QED) is 0.699. The van der Waals surface area contributed by atoms with Crippen LogP contribution in [0.5, 0.6) is 0 Å². The Morgan fingerprint density at radius 2 is 1.93 bits per heavy atom. The summed E-state index contributed by atoms with van der Waals surface area (Å²) in [6, 6.07) is 6.25. The normalized spacial score (nSPS) is 23.1. The van der Waals surface area contributed by atoms with Crippen LogP contribution in [-0.4, -0.2) is 39.2 Å². The van der Waals surface area contributed by atoms with Gasteiger partial charge in [0, 0.05) is 57.5 Å². The van der Waals surface area contributed by atoms with E-state index in [0.717, 1.165) is 40.4 Å². The lowest BCUT2D eigenvalue weighted by Gasteiger charge is -2.43. The lowest BCUT2D eigenvalue weighted by Crippen LogP contribution is -2.51. The summed E-state index contributed by atoms with van der Waals surface area (Å²) in [5.74, 6) is 0.00500. The van der Waals surface area contributed by atoms with E-state index in [4.69, 9.17) is 0 Å². The van der Waals surface area contributed by atoms with Gasteiger partial charge in [-0.1, -0.05) is 6.07 Å². The number of hydrogen-bond donors (Lipinski definition) is 2. The molecule has 9 heteroatoms. The maximum absolute atomic E-state index is 12.7. The Bertz CT molecular complexity index is 1110. The first kappa shape index (κ1) is 18.4. The number of carbonyl (C=O) groups is 1. The molecule has 148 valence electrons. The number of carbonyl (C=O) groups excluding carboxylic acids is 1. The molecule has 0 aromatic carbocycles. The van der Waals surface area contributed by atoms with E-state index in [1.165, 1.54) is 20.2 Å². The summed E-state index contributed by atoms with van der Waals surface area (Å²) in [4.78, 5) is 49.2. The minimum absolute atomic E-state index is 0.00388. The van der Waals surface area contributed by atoms with Crippen molar-refractivity contribution in [1.29, 1.82) is 0 Å². The molecule has 28 heavy (non-hydrogen) atoms. The zero-order valence-corrected chi connectivity index (χ0v) is 15.8. The van der Waals surface area contributed by atoms with Crippen molar-refractivity contribution in [3.8, 4) is 0 Å². The summed E-state index contributed by atoms with van der Waals surface area (Å²) < 4.78 is 3.89. The van der Waals surface area contributed by atoms with Crippen molar-refractivity contribution in [1.82, 2.24) is 24.3 Å². The molecule has 3 atom stereocenters. The van der Waals surface area contributed by atoms with E-state index in [0.29, 0.717) is 0 Å². The molecule has 2 aliphatic heterocycles. The number of piperidine rings is 1. The predicted molar refractivity (Wildman–Crippen MR) is 103 cm³/mol. The van der Waals surface area contributed by atoms with Crippen LogP contribution in [-0.2, 0) is 14.1 Å². The summed E-state index contributed by atoms with van der Waals surface area (Å²) in [5, 5.41) is 6.23.